The molecule has 0 radical (unpaired) electrons. The van der Waals surface area contributed by atoms with E-state index in [1.54, 1.807) is 0 Å². The summed E-state index contributed by atoms with van der Waals surface area (Å²) in [5.74, 6) is 0. The van der Waals surface area contributed by atoms with Gasteiger partial charge >= 0.3 is 0 Å². The maximum Gasteiger partial charge on any atom is 0.114 e. The van der Waals surface area contributed by atoms with Crippen LogP contribution < -0.4 is 0 Å². The Labute approximate surface area is 84.6 Å². The van der Waals surface area contributed by atoms with E-state index in [1.165, 1.54) is 16.7 Å². The molecule has 0 heterocycles. The van der Waals surface area contributed by atoms with Gasteiger partial charge in [0, 0.05) is 5.56 Å². The third kappa shape index (κ3) is 1.65. The number of fused-ring (bicyclic) bond motifs is 1. The van der Waals surface area contributed by atoms with Gasteiger partial charge in [-0.25, -0.2) is 0 Å². The molecule has 1 aliphatic rings. The Kier molecular flexibility index (Phi) is 2.53. The van der Waals surface area contributed by atoms with Crippen molar-refractivity contribution in [2.24, 2.45) is 5.16 Å². The van der Waals surface area contributed by atoms with Crippen LogP contribution in [0.15, 0.2) is 23.4 Å². The molecule has 74 valence electrons. The minimum absolute atomic E-state index is 0.644. The number of rotatable bonds is 2. The van der Waals surface area contributed by atoms with Crippen LogP contribution in [-0.4, -0.2) is 12.3 Å². The molecule has 1 aliphatic carbocycles. The van der Waals surface area contributed by atoms with Gasteiger partial charge in [0.05, 0.1) is 5.71 Å². The number of aryl methyl sites for hydroxylation is 2. The summed E-state index contributed by atoms with van der Waals surface area (Å²) in [7, 11) is 0. The summed E-state index contributed by atoms with van der Waals surface area (Å²) in [6.45, 7) is 4.72. The summed E-state index contributed by atoms with van der Waals surface area (Å²) in [5, 5.41) is 4.13. The second kappa shape index (κ2) is 3.82. The quantitative estimate of drug-likeness (QED) is 0.655. The molecule has 0 fully saturated rings. The van der Waals surface area contributed by atoms with Crippen molar-refractivity contribution < 1.29 is 4.84 Å². The van der Waals surface area contributed by atoms with Gasteiger partial charge in [0.1, 0.15) is 6.61 Å². The van der Waals surface area contributed by atoms with Crippen LogP contribution in [0.4, 0.5) is 0 Å². The van der Waals surface area contributed by atoms with Crippen LogP contribution in [0.5, 0.6) is 0 Å². The predicted molar refractivity (Wildman–Crippen MR) is 57.7 cm³/mol. The van der Waals surface area contributed by atoms with E-state index in [4.69, 9.17) is 4.84 Å². The zero-order chi connectivity index (χ0) is 9.97. The fourth-order valence-electron chi connectivity index (χ4n) is 1.84. The zero-order valence-corrected chi connectivity index (χ0v) is 8.71. The van der Waals surface area contributed by atoms with Gasteiger partial charge in [0.2, 0.25) is 0 Å². The van der Waals surface area contributed by atoms with Gasteiger partial charge in [0.25, 0.3) is 0 Å². The number of nitrogens with zero attached hydrogens (tertiary/aromatic N) is 1. The normalized spacial score (nSPS) is 17.1. The summed E-state index contributed by atoms with van der Waals surface area (Å²) < 4.78 is 0. The fraction of sp³-hybridized carbons (Fsp3) is 0.417. The number of hydrogen-bond acceptors (Lipinski definition) is 2. The first kappa shape index (κ1) is 9.25. The van der Waals surface area contributed by atoms with Crippen LogP contribution in [0.1, 0.15) is 30.0 Å². The van der Waals surface area contributed by atoms with Gasteiger partial charge in [0.15, 0.2) is 0 Å². The van der Waals surface area contributed by atoms with Crippen molar-refractivity contribution in [1.29, 1.82) is 0 Å². The van der Waals surface area contributed by atoms with Gasteiger partial charge in [-0.1, -0.05) is 28.9 Å². The summed E-state index contributed by atoms with van der Waals surface area (Å²) >= 11 is 0. The van der Waals surface area contributed by atoms with E-state index < -0.39 is 0 Å². The predicted octanol–water partition coefficient (Wildman–Crippen LogP) is 2.68. The summed E-state index contributed by atoms with van der Waals surface area (Å²) in [5.41, 5.74) is 5.09. The fourth-order valence-corrected chi connectivity index (χ4v) is 1.84. The molecular weight excluding hydrogens is 174 g/mol. The molecule has 0 aliphatic heterocycles. The van der Waals surface area contributed by atoms with Crippen molar-refractivity contribution >= 4 is 5.71 Å². The van der Waals surface area contributed by atoms with Crippen LogP contribution in [0.3, 0.4) is 0 Å². The second-order valence-corrected chi connectivity index (χ2v) is 3.62. The highest BCUT2D eigenvalue weighted by Crippen LogP contribution is 2.23. The van der Waals surface area contributed by atoms with Crippen LogP contribution in [0, 0.1) is 6.92 Å². The van der Waals surface area contributed by atoms with E-state index in [0.717, 1.165) is 18.6 Å². The van der Waals surface area contributed by atoms with E-state index in [9.17, 15) is 0 Å². The molecule has 2 nitrogen and oxygen atoms in total. The lowest BCUT2D eigenvalue weighted by molar-refractivity contribution is 0.158. The van der Waals surface area contributed by atoms with Crippen LogP contribution in [-0.2, 0) is 11.3 Å². The minimum atomic E-state index is 0.644. The topological polar surface area (TPSA) is 21.6 Å². The molecular formula is C12H15NO. The van der Waals surface area contributed by atoms with Crippen LogP contribution in [0.25, 0.3) is 0 Å². The number of oxime groups is 1. The van der Waals surface area contributed by atoms with E-state index in [0.29, 0.717) is 6.61 Å². The Morgan fingerprint density at radius 3 is 3.00 bits per heavy atom. The lowest BCUT2D eigenvalue weighted by atomic mass is 10.1. The first-order valence-electron chi connectivity index (χ1n) is 5.10. The van der Waals surface area contributed by atoms with Crippen molar-refractivity contribution in [1.82, 2.24) is 0 Å². The number of hydrogen-bond donors (Lipinski definition) is 0. The lowest BCUT2D eigenvalue weighted by Gasteiger charge is -2.01. The van der Waals surface area contributed by atoms with Gasteiger partial charge in [-0.05, 0) is 32.3 Å². The molecule has 1 aromatic rings. The summed E-state index contributed by atoms with van der Waals surface area (Å²) in [6, 6.07) is 6.52. The second-order valence-electron chi connectivity index (χ2n) is 3.62. The Morgan fingerprint density at radius 1 is 1.36 bits per heavy atom. The standard InChI is InChI=1S/C12H15NO/c1-3-14-13-12-7-5-10-8-9(2)4-6-11(10)12/h4,6,8H,3,5,7H2,1-2H3/b13-12+. The molecule has 0 saturated heterocycles. The Balaban J connectivity index is 2.31. The van der Waals surface area contributed by atoms with E-state index in [-0.39, 0.29) is 0 Å². The molecule has 0 atom stereocenters. The van der Waals surface area contributed by atoms with Crippen molar-refractivity contribution in [2.75, 3.05) is 6.61 Å². The molecule has 0 amide bonds. The number of benzene rings is 1. The monoisotopic (exact) mass is 189 g/mol. The van der Waals surface area contributed by atoms with Crippen LogP contribution >= 0.6 is 0 Å². The van der Waals surface area contributed by atoms with E-state index in [1.807, 2.05) is 6.92 Å². The third-order valence-corrected chi connectivity index (χ3v) is 2.51. The molecule has 2 rings (SSSR count). The summed E-state index contributed by atoms with van der Waals surface area (Å²) in [6.07, 6.45) is 2.11. The SMILES string of the molecule is CCO/N=C1\CCc2cc(C)ccc21. The Bertz CT molecular complexity index is 369. The molecule has 0 saturated carbocycles. The third-order valence-electron chi connectivity index (χ3n) is 2.51. The average Bonchev–Trinajstić information content (AvgIpc) is 2.57. The molecule has 0 bridgehead atoms. The smallest absolute Gasteiger partial charge is 0.114 e. The van der Waals surface area contributed by atoms with Crippen molar-refractivity contribution in [3.05, 3.63) is 34.9 Å². The molecule has 1 aromatic carbocycles. The highest BCUT2D eigenvalue weighted by atomic mass is 16.6. The van der Waals surface area contributed by atoms with Gasteiger partial charge in [-0.15, -0.1) is 0 Å². The van der Waals surface area contributed by atoms with E-state index >= 15 is 0 Å². The van der Waals surface area contributed by atoms with Gasteiger partial charge in [-0.2, -0.15) is 0 Å². The molecule has 0 spiro atoms. The first-order chi connectivity index (χ1) is 6.81. The molecule has 2 heteroatoms. The largest absolute Gasteiger partial charge is 0.396 e. The zero-order valence-electron chi connectivity index (χ0n) is 8.71. The maximum atomic E-state index is 5.09. The highest BCUT2D eigenvalue weighted by molar-refractivity contribution is 6.04. The van der Waals surface area contributed by atoms with Gasteiger partial charge < -0.3 is 4.84 Å². The van der Waals surface area contributed by atoms with Crippen molar-refractivity contribution in [2.45, 2.75) is 26.7 Å². The van der Waals surface area contributed by atoms with Crippen molar-refractivity contribution in [3.63, 3.8) is 0 Å². The molecule has 14 heavy (non-hydrogen) atoms. The lowest BCUT2D eigenvalue weighted by Crippen LogP contribution is -1.96. The molecule has 0 unspecified atom stereocenters. The Hall–Kier alpha value is -1.31. The summed E-state index contributed by atoms with van der Waals surface area (Å²) in [4.78, 5) is 5.09. The maximum absolute atomic E-state index is 5.09. The average molecular weight is 189 g/mol. The Morgan fingerprint density at radius 2 is 2.21 bits per heavy atom. The first-order valence-corrected chi connectivity index (χ1v) is 5.10. The van der Waals surface area contributed by atoms with Gasteiger partial charge in [-0.3, -0.25) is 0 Å². The minimum Gasteiger partial charge on any atom is -0.396 e. The molecule has 0 aromatic heterocycles. The highest BCUT2D eigenvalue weighted by Gasteiger charge is 2.17. The van der Waals surface area contributed by atoms with E-state index in [2.05, 4.69) is 30.3 Å². The van der Waals surface area contributed by atoms with Crippen molar-refractivity contribution in [3.8, 4) is 0 Å². The molecule has 0 N–H and O–H groups in total. The van der Waals surface area contributed by atoms with Crippen LogP contribution in [0.2, 0.25) is 0 Å².